The lowest BCUT2D eigenvalue weighted by Gasteiger charge is -2.29. The second kappa shape index (κ2) is 6.13. The minimum Gasteiger partial charge on any atom is -0.378 e. The number of rotatable bonds is 3. The Kier molecular flexibility index (Phi) is 4.49. The molecule has 1 atom stereocenters. The van der Waals surface area contributed by atoms with Gasteiger partial charge < -0.3 is 15.0 Å². The topological polar surface area (TPSA) is 41.6 Å². The lowest BCUT2D eigenvalue weighted by Crippen LogP contribution is -2.47. The van der Waals surface area contributed by atoms with E-state index < -0.39 is 23.5 Å². The number of nitrogens with one attached hydrogen (secondary N) is 1. The fraction of sp³-hybridized carbons (Fsp3) is 0.462. The average Bonchev–Trinajstić information content (AvgIpc) is 2.44. The number of hydrogen-bond donors (Lipinski definition) is 1. The number of anilines is 1. The SMILES string of the molecule is CC(Nc1cc(F)c(F)c(F)c1)C(=O)N1CCOCC1. The molecule has 0 aliphatic carbocycles. The van der Waals surface area contributed by atoms with Crippen LogP contribution >= 0.6 is 0 Å². The predicted molar refractivity (Wildman–Crippen MR) is 66.8 cm³/mol. The van der Waals surface area contributed by atoms with Crippen molar-refractivity contribution in [3.05, 3.63) is 29.6 Å². The minimum absolute atomic E-state index is 0.0236. The summed E-state index contributed by atoms with van der Waals surface area (Å²) >= 11 is 0. The molecule has 1 heterocycles. The van der Waals surface area contributed by atoms with E-state index in [0.717, 1.165) is 12.1 Å². The van der Waals surface area contributed by atoms with Crippen LogP contribution in [0.25, 0.3) is 0 Å². The zero-order valence-electron chi connectivity index (χ0n) is 11.0. The Morgan fingerprint density at radius 1 is 1.25 bits per heavy atom. The van der Waals surface area contributed by atoms with E-state index in [1.807, 2.05) is 0 Å². The van der Waals surface area contributed by atoms with Crippen LogP contribution in [0.4, 0.5) is 18.9 Å². The van der Waals surface area contributed by atoms with Gasteiger partial charge in [0.15, 0.2) is 17.5 Å². The Hall–Kier alpha value is -1.76. The monoisotopic (exact) mass is 288 g/mol. The Bertz CT molecular complexity index is 481. The van der Waals surface area contributed by atoms with E-state index >= 15 is 0 Å². The van der Waals surface area contributed by atoms with Crippen molar-refractivity contribution in [1.82, 2.24) is 4.90 Å². The summed E-state index contributed by atoms with van der Waals surface area (Å²) in [7, 11) is 0. The van der Waals surface area contributed by atoms with Crippen molar-refractivity contribution in [2.75, 3.05) is 31.6 Å². The highest BCUT2D eigenvalue weighted by molar-refractivity contribution is 5.84. The van der Waals surface area contributed by atoms with Gasteiger partial charge in [-0.1, -0.05) is 0 Å². The average molecular weight is 288 g/mol. The van der Waals surface area contributed by atoms with Crippen LogP contribution in [0.1, 0.15) is 6.92 Å². The molecule has 1 aromatic carbocycles. The summed E-state index contributed by atoms with van der Waals surface area (Å²) in [5.74, 6) is -4.31. The maximum Gasteiger partial charge on any atom is 0.244 e. The first kappa shape index (κ1) is 14.6. The van der Waals surface area contributed by atoms with Gasteiger partial charge in [-0.15, -0.1) is 0 Å². The third kappa shape index (κ3) is 3.22. The van der Waals surface area contributed by atoms with Crippen molar-refractivity contribution in [3.8, 4) is 0 Å². The molecule has 1 saturated heterocycles. The zero-order valence-corrected chi connectivity index (χ0v) is 11.0. The van der Waals surface area contributed by atoms with Gasteiger partial charge in [0, 0.05) is 30.9 Å². The normalized spacial score (nSPS) is 16.9. The van der Waals surface area contributed by atoms with E-state index in [1.54, 1.807) is 11.8 Å². The number of carbonyl (C=O) groups excluding carboxylic acids is 1. The van der Waals surface area contributed by atoms with E-state index in [0.29, 0.717) is 26.3 Å². The number of ether oxygens (including phenoxy) is 1. The Labute approximate surface area is 114 Å². The van der Waals surface area contributed by atoms with Crippen molar-refractivity contribution >= 4 is 11.6 Å². The van der Waals surface area contributed by atoms with E-state index in [1.165, 1.54) is 0 Å². The maximum absolute atomic E-state index is 13.1. The molecule has 0 bridgehead atoms. The van der Waals surface area contributed by atoms with Crippen LogP contribution in [-0.4, -0.2) is 43.2 Å². The van der Waals surface area contributed by atoms with Crippen LogP contribution < -0.4 is 5.32 Å². The predicted octanol–water partition coefficient (Wildman–Crippen LogP) is 1.76. The summed E-state index contributed by atoms with van der Waals surface area (Å²) < 4.78 is 44.1. The first-order chi connectivity index (χ1) is 9.49. The van der Waals surface area contributed by atoms with Crippen molar-refractivity contribution < 1.29 is 22.7 Å². The van der Waals surface area contributed by atoms with Crippen LogP contribution in [0.15, 0.2) is 12.1 Å². The van der Waals surface area contributed by atoms with Crippen molar-refractivity contribution in [2.24, 2.45) is 0 Å². The second-order valence-electron chi connectivity index (χ2n) is 4.56. The molecule has 1 N–H and O–H groups in total. The van der Waals surface area contributed by atoms with Gasteiger partial charge in [-0.25, -0.2) is 13.2 Å². The van der Waals surface area contributed by atoms with Crippen LogP contribution in [0, 0.1) is 17.5 Å². The van der Waals surface area contributed by atoms with E-state index in [-0.39, 0.29) is 11.6 Å². The fourth-order valence-electron chi connectivity index (χ4n) is 2.01. The Balaban J connectivity index is 2.03. The van der Waals surface area contributed by atoms with Gasteiger partial charge in [0.2, 0.25) is 5.91 Å². The summed E-state index contributed by atoms with van der Waals surface area (Å²) in [5.41, 5.74) is 0.0236. The van der Waals surface area contributed by atoms with E-state index in [2.05, 4.69) is 5.32 Å². The quantitative estimate of drug-likeness (QED) is 0.862. The molecule has 1 aliphatic heterocycles. The molecule has 1 amide bonds. The molecule has 1 fully saturated rings. The van der Waals surface area contributed by atoms with Gasteiger partial charge in [0.1, 0.15) is 6.04 Å². The zero-order chi connectivity index (χ0) is 14.7. The molecular formula is C13H15F3N2O2. The number of nitrogens with zero attached hydrogens (tertiary/aromatic N) is 1. The van der Waals surface area contributed by atoms with Gasteiger partial charge >= 0.3 is 0 Å². The van der Waals surface area contributed by atoms with Gasteiger partial charge in [-0.05, 0) is 6.92 Å². The van der Waals surface area contributed by atoms with Crippen LogP contribution in [-0.2, 0) is 9.53 Å². The van der Waals surface area contributed by atoms with Crippen LogP contribution in [0.5, 0.6) is 0 Å². The maximum atomic E-state index is 13.1. The molecule has 20 heavy (non-hydrogen) atoms. The van der Waals surface area contributed by atoms with Crippen LogP contribution in [0.2, 0.25) is 0 Å². The van der Waals surface area contributed by atoms with Crippen molar-refractivity contribution in [1.29, 1.82) is 0 Å². The molecule has 110 valence electrons. The summed E-state index contributed by atoms with van der Waals surface area (Å²) in [5, 5.41) is 2.67. The number of carbonyl (C=O) groups is 1. The largest absolute Gasteiger partial charge is 0.378 e. The van der Waals surface area contributed by atoms with Crippen LogP contribution in [0.3, 0.4) is 0 Å². The molecule has 0 spiro atoms. The molecule has 0 aromatic heterocycles. The number of morpholine rings is 1. The molecule has 7 heteroatoms. The molecule has 0 radical (unpaired) electrons. The van der Waals surface area contributed by atoms with Crippen molar-refractivity contribution in [2.45, 2.75) is 13.0 Å². The highest BCUT2D eigenvalue weighted by Gasteiger charge is 2.23. The van der Waals surface area contributed by atoms with E-state index in [9.17, 15) is 18.0 Å². The summed E-state index contributed by atoms with van der Waals surface area (Å²) in [6.45, 7) is 3.49. The molecule has 4 nitrogen and oxygen atoms in total. The summed E-state index contributed by atoms with van der Waals surface area (Å²) in [4.78, 5) is 13.7. The number of amides is 1. The standard InChI is InChI=1S/C13H15F3N2O2/c1-8(13(19)18-2-4-20-5-3-18)17-9-6-10(14)12(16)11(15)7-9/h6-8,17H,2-5H2,1H3. The van der Waals surface area contributed by atoms with Gasteiger partial charge in [-0.3, -0.25) is 4.79 Å². The number of hydrogen-bond acceptors (Lipinski definition) is 3. The third-order valence-electron chi connectivity index (χ3n) is 3.06. The smallest absolute Gasteiger partial charge is 0.244 e. The van der Waals surface area contributed by atoms with Gasteiger partial charge in [-0.2, -0.15) is 0 Å². The fourth-order valence-corrected chi connectivity index (χ4v) is 2.01. The molecule has 1 unspecified atom stereocenters. The Morgan fingerprint density at radius 2 is 1.80 bits per heavy atom. The van der Waals surface area contributed by atoms with Gasteiger partial charge in [0.05, 0.1) is 13.2 Å². The second-order valence-corrected chi connectivity index (χ2v) is 4.56. The summed E-state index contributed by atoms with van der Waals surface area (Å²) in [6, 6.07) is 0.973. The van der Waals surface area contributed by atoms with Gasteiger partial charge in [0.25, 0.3) is 0 Å². The molecule has 2 rings (SSSR count). The number of halogens is 3. The minimum atomic E-state index is -1.53. The lowest BCUT2D eigenvalue weighted by atomic mass is 10.2. The lowest BCUT2D eigenvalue weighted by molar-refractivity contribution is -0.135. The molecule has 1 aromatic rings. The Morgan fingerprint density at radius 3 is 2.35 bits per heavy atom. The molecule has 1 aliphatic rings. The third-order valence-corrected chi connectivity index (χ3v) is 3.06. The molecular weight excluding hydrogens is 273 g/mol. The summed E-state index contributed by atoms with van der Waals surface area (Å²) in [6.07, 6.45) is 0. The highest BCUT2D eigenvalue weighted by atomic mass is 19.2. The van der Waals surface area contributed by atoms with E-state index in [4.69, 9.17) is 4.74 Å². The van der Waals surface area contributed by atoms with Crippen molar-refractivity contribution in [3.63, 3.8) is 0 Å². The number of benzene rings is 1. The first-order valence-corrected chi connectivity index (χ1v) is 6.26. The molecule has 0 saturated carbocycles. The highest BCUT2D eigenvalue weighted by Crippen LogP contribution is 2.18. The first-order valence-electron chi connectivity index (χ1n) is 6.26.